The van der Waals surface area contributed by atoms with Gasteiger partial charge in [0.15, 0.2) is 5.78 Å². The van der Waals surface area contributed by atoms with Crippen molar-refractivity contribution >= 4 is 17.6 Å². The van der Waals surface area contributed by atoms with E-state index in [1.807, 2.05) is 6.07 Å². The van der Waals surface area contributed by atoms with Crippen molar-refractivity contribution in [1.29, 1.82) is 0 Å². The van der Waals surface area contributed by atoms with Crippen molar-refractivity contribution in [3.63, 3.8) is 0 Å². The van der Waals surface area contributed by atoms with Crippen LogP contribution in [0.15, 0.2) is 54.6 Å². The van der Waals surface area contributed by atoms with E-state index in [0.717, 1.165) is 0 Å². The molecule has 2 aromatic rings. The number of carbonyl (C=O) groups excluding carboxylic acids is 2. The van der Waals surface area contributed by atoms with Gasteiger partial charge in [0.2, 0.25) is 5.84 Å². The zero-order valence-electron chi connectivity index (χ0n) is 13.2. The molecule has 5 heteroatoms. The van der Waals surface area contributed by atoms with Crippen molar-refractivity contribution in [3.05, 3.63) is 71.3 Å². The lowest BCUT2D eigenvalue weighted by molar-refractivity contribution is -0.307. The fourth-order valence-electron chi connectivity index (χ4n) is 1.84. The zero-order valence-corrected chi connectivity index (χ0v) is 13.2. The predicted octanol–water partition coefficient (Wildman–Crippen LogP) is -0.106. The summed E-state index contributed by atoms with van der Waals surface area (Å²) in [5.74, 6) is -1.58. The van der Waals surface area contributed by atoms with Crippen LogP contribution in [-0.2, 0) is 4.79 Å². The molecule has 1 unspecified atom stereocenters. The second-order valence-electron chi connectivity index (χ2n) is 5.11. The third-order valence-corrected chi connectivity index (χ3v) is 3.04. The summed E-state index contributed by atoms with van der Waals surface area (Å²) in [6, 6.07) is 15.5. The Morgan fingerprint density at radius 2 is 1.57 bits per heavy atom. The number of nitrogens with two attached hydrogens (primary N) is 2. The predicted molar refractivity (Wildman–Crippen MR) is 86.5 cm³/mol. The Hall–Kier alpha value is -2.95. The summed E-state index contributed by atoms with van der Waals surface area (Å²) < 4.78 is 0. The van der Waals surface area contributed by atoms with Crippen molar-refractivity contribution in [2.24, 2.45) is 5.73 Å². The van der Waals surface area contributed by atoms with Gasteiger partial charge >= 0.3 is 0 Å². The van der Waals surface area contributed by atoms with Gasteiger partial charge in [-0.3, -0.25) is 15.9 Å². The minimum atomic E-state index is -1.15. The van der Waals surface area contributed by atoms with E-state index in [2.05, 4.69) is 0 Å². The standard InChI is InChI=1S/C16H14O3.C2H6N2/c1-11(16(18)19)13-8-5-9-14(10-13)15(17)12-6-3-2-4-7-12;1-2(3)4/h2-11H,1H3,(H,18,19);1H3,(H3,3,4). The molecule has 2 rings (SSSR count). The van der Waals surface area contributed by atoms with E-state index in [4.69, 9.17) is 11.1 Å². The summed E-state index contributed by atoms with van der Waals surface area (Å²) in [4.78, 5) is 23.1. The van der Waals surface area contributed by atoms with Gasteiger partial charge in [-0.25, -0.2) is 0 Å². The van der Waals surface area contributed by atoms with Crippen molar-refractivity contribution < 1.29 is 20.1 Å². The van der Waals surface area contributed by atoms with Crippen molar-refractivity contribution in [1.82, 2.24) is 0 Å². The number of aliphatic carboxylic acids is 1. The first-order valence-corrected chi connectivity index (χ1v) is 7.08. The Morgan fingerprint density at radius 3 is 2.09 bits per heavy atom. The molecular weight excluding hydrogens is 292 g/mol. The summed E-state index contributed by atoms with van der Waals surface area (Å²) in [7, 11) is 0. The van der Waals surface area contributed by atoms with Gasteiger partial charge in [-0.2, -0.15) is 0 Å². The quantitative estimate of drug-likeness (QED) is 0.466. The van der Waals surface area contributed by atoms with Crippen molar-refractivity contribution in [2.75, 3.05) is 0 Å². The molecule has 1 atom stereocenters. The molecule has 2 aromatic carbocycles. The van der Waals surface area contributed by atoms with Crippen molar-refractivity contribution in [2.45, 2.75) is 19.8 Å². The lowest BCUT2D eigenvalue weighted by atomic mass is 9.96. The summed E-state index contributed by atoms with van der Waals surface area (Å²) in [5.41, 5.74) is 6.44. The Bertz CT molecular complexity index is 692. The average Bonchev–Trinajstić information content (AvgIpc) is 2.53. The highest BCUT2D eigenvalue weighted by Crippen LogP contribution is 2.18. The molecule has 0 aliphatic heterocycles. The van der Waals surface area contributed by atoms with Gasteiger partial charge in [0.05, 0.1) is 0 Å². The van der Waals surface area contributed by atoms with Gasteiger partial charge in [0.25, 0.3) is 0 Å². The normalized spacial score (nSPS) is 10.9. The molecule has 0 aliphatic rings. The number of ketones is 1. The molecule has 4 N–H and O–H groups in total. The Balaban J connectivity index is 0.000000593. The number of benzene rings is 2. The van der Waals surface area contributed by atoms with E-state index in [-0.39, 0.29) is 5.78 Å². The number of carboxylic acid groups (broad SMARTS) is 1. The molecule has 0 spiro atoms. The van der Waals surface area contributed by atoms with Crippen LogP contribution in [0.2, 0.25) is 0 Å². The van der Waals surface area contributed by atoms with E-state index < -0.39 is 11.9 Å². The average molecular weight is 312 g/mol. The molecule has 5 nitrogen and oxygen atoms in total. The summed E-state index contributed by atoms with van der Waals surface area (Å²) >= 11 is 0. The second kappa shape index (κ2) is 8.48. The number of carboxylic acids is 1. The first kappa shape index (κ1) is 18.1. The van der Waals surface area contributed by atoms with Gasteiger partial charge in [0, 0.05) is 29.9 Å². The van der Waals surface area contributed by atoms with Crippen LogP contribution in [0.25, 0.3) is 0 Å². The lowest BCUT2D eigenvalue weighted by Crippen LogP contribution is -2.43. The van der Waals surface area contributed by atoms with Crippen molar-refractivity contribution in [3.8, 4) is 0 Å². The van der Waals surface area contributed by atoms with Crippen LogP contribution >= 0.6 is 0 Å². The first-order valence-electron chi connectivity index (χ1n) is 7.08. The fourth-order valence-corrected chi connectivity index (χ4v) is 1.84. The summed E-state index contributed by atoms with van der Waals surface area (Å²) in [5, 5.41) is 15.7. The minimum absolute atomic E-state index is 0.118. The highest BCUT2D eigenvalue weighted by molar-refractivity contribution is 6.09. The topological polar surface area (TPSA) is 109 Å². The van der Waals surface area contributed by atoms with Crippen LogP contribution in [0, 0.1) is 0 Å². The van der Waals surface area contributed by atoms with E-state index in [0.29, 0.717) is 22.5 Å². The molecule has 0 aliphatic carbocycles. The Labute approximate surface area is 135 Å². The van der Waals surface area contributed by atoms with Gasteiger partial charge in [-0.05, 0) is 11.6 Å². The summed E-state index contributed by atoms with van der Waals surface area (Å²) in [6.45, 7) is 3.18. The number of hydrogen-bond donors (Lipinski definition) is 2. The molecule has 0 saturated heterocycles. The molecule has 0 heterocycles. The molecule has 23 heavy (non-hydrogen) atoms. The van der Waals surface area contributed by atoms with E-state index >= 15 is 0 Å². The highest BCUT2D eigenvalue weighted by Gasteiger charge is 2.12. The monoisotopic (exact) mass is 312 g/mol. The Morgan fingerprint density at radius 1 is 1.04 bits per heavy atom. The van der Waals surface area contributed by atoms with Crippen LogP contribution in [0.4, 0.5) is 0 Å². The number of hydrogen-bond acceptors (Lipinski definition) is 3. The van der Waals surface area contributed by atoms with Crippen LogP contribution in [-0.4, -0.2) is 17.6 Å². The van der Waals surface area contributed by atoms with Gasteiger partial charge in [-0.15, -0.1) is 0 Å². The molecule has 0 bridgehead atoms. The maximum atomic E-state index is 12.2. The zero-order chi connectivity index (χ0) is 17.4. The second-order valence-corrected chi connectivity index (χ2v) is 5.11. The molecule has 0 fully saturated rings. The molecule has 120 valence electrons. The smallest absolute Gasteiger partial charge is 0.235 e. The molecule has 0 radical (unpaired) electrons. The third-order valence-electron chi connectivity index (χ3n) is 3.04. The van der Waals surface area contributed by atoms with Gasteiger partial charge < -0.3 is 9.90 Å². The van der Waals surface area contributed by atoms with Gasteiger partial charge in [0.1, 0.15) is 0 Å². The number of amidine groups is 1. The maximum Gasteiger partial charge on any atom is 0.235 e. The molecular formula is C18H20N2O3. The number of rotatable bonds is 4. The van der Waals surface area contributed by atoms with Crippen LogP contribution in [0.5, 0.6) is 0 Å². The minimum Gasteiger partial charge on any atom is -0.550 e. The molecule has 0 saturated carbocycles. The van der Waals surface area contributed by atoms with Crippen LogP contribution in [0.3, 0.4) is 0 Å². The van der Waals surface area contributed by atoms with Gasteiger partial charge in [-0.1, -0.05) is 55.5 Å². The fraction of sp³-hybridized carbons (Fsp3) is 0.167. The maximum absolute atomic E-state index is 12.2. The first-order chi connectivity index (χ1) is 10.8. The van der Waals surface area contributed by atoms with E-state index in [1.165, 1.54) is 0 Å². The van der Waals surface area contributed by atoms with E-state index in [1.54, 1.807) is 62.4 Å². The largest absolute Gasteiger partial charge is 0.550 e. The molecule has 0 aromatic heterocycles. The SMILES string of the molecule is CC(C(=O)[O-])c1cccc(C(=O)c2ccccc2)c1.CC(N)=[NH2+]. The lowest BCUT2D eigenvalue weighted by Gasteiger charge is -2.13. The van der Waals surface area contributed by atoms with Crippen LogP contribution < -0.4 is 16.2 Å². The van der Waals surface area contributed by atoms with Crippen LogP contribution in [0.1, 0.15) is 41.3 Å². The molecule has 0 amide bonds. The highest BCUT2D eigenvalue weighted by atomic mass is 16.4. The Kier molecular flexibility index (Phi) is 6.68. The number of carbonyl (C=O) groups is 2. The third kappa shape index (κ3) is 5.74. The van der Waals surface area contributed by atoms with E-state index in [9.17, 15) is 14.7 Å². The summed E-state index contributed by atoms with van der Waals surface area (Å²) in [6.07, 6.45) is 0.